The van der Waals surface area contributed by atoms with Gasteiger partial charge in [-0.2, -0.15) is 0 Å². The third-order valence-electron chi connectivity index (χ3n) is 3.75. The highest BCUT2D eigenvalue weighted by Crippen LogP contribution is 2.23. The van der Waals surface area contributed by atoms with Crippen molar-refractivity contribution < 1.29 is 19.1 Å². The van der Waals surface area contributed by atoms with Crippen LogP contribution in [0.3, 0.4) is 0 Å². The van der Waals surface area contributed by atoms with Crippen molar-refractivity contribution in [1.29, 1.82) is 0 Å². The van der Waals surface area contributed by atoms with Crippen LogP contribution in [0.5, 0.6) is 17.2 Å². The maximum Gasteiger partial charge on any atom is 0.262 e. The van der Waals surface area contributed by atoms with Gasteiger partial charge in [0.2, 0.25) is 0 Å². The molecule has 5 heteroatoms. The molecule has 27 heavy (non-hydrogen) atoms. The second kappa shape index (κ2) is 8.67. The van der Waals surface area contributed by atoms with Crippen LogP contribution in [0, 0.1) is 0 Å². The van der Waals surface area contributed by atoms with Crippen molar-refractivity contribution in [3.63, 3.8) is 0 Å². The number of ketones is 1. The summed E-state index contributed by atoms with van der Waals surface area (Å²) in [4.78, 5) is 23.2. The summed E-state index contributed by atoms with van der Waals surface area (Å²) in [7, 11) is 0. The normalized spacial score (nSPS) is 10.1. The molecule has 0 aliphatic carbocycles. The molecule has 0 fully saturated rings. The van der Waals surface area contributed by atoms with Crippen LogP contribution in [0.1, 0.15) is 17.3 Å². The maximum atomic E-state index is 12.0. The Morgan fingerprint density at radius 3 is 2.00 bits per heavy atom. The van der Waals surface area contributed by atoms with Gasteiger partial charge in [0.25, 0.3) is 5.91 Å². The van der Waals surface area contributed by atoms with Crippen molar-refractivity contribution in [2.24, 2.45) is 0 Å². The van der Waals surface area contributed by atoms with E-state index in [2.05, 4.69) is 5.32 Å². The average molecular weight is 361 g/mol. The van der Waals surface area contributed by atoms with Crippen molar-refractivity contribution in [3.8, 4) is 17.2 Å². The van der Waals surface area contributed by atoms with E-state index in [9.17, 15) is 9.59 Å². The van der Waals surface area contributed by atoms with Gasteiger partial charge in [-0.05, 0) is 67.6 Å². The summed E-state index contributed by atoms with van der Waals surface area (Å²) in [6, 6.07) is 23.2. The molecular weight excluding hydrogens is 342 g/mol. The molecule has 1 N–H and O–H groups in total. The number of hydrogen-bond donors (Lipinski definition) is 1. The molecule has 1 amide bonds. The minimum Gasteiger partial charge on any atom is -0.484 e. The van der Waals surface area contributed by atoms with E-state index in [1.54, 1.807) is 48.5 Å². The van der Waals surface area contributed by atoms with Crippen molar-refractivity contribution >= 4 is 17.4 Å². The second-order valence-corrected chi connectivity index (χ2v) is 5.86. The summed E-state index contributed by atoms with van der Waals surface area (Å²) in [5, 5.41) is 2.72. The molecule has 0 aromatic heterocycles. The molecule has 3 aromatic carbocycles. The predicted octanol–water partition coefficient (Wildman–Crippen LogP) is 4.70. The van der Waals surface area contributed by atoms with E-state index in [1.807, 2.05) is 30.3 Å². The molecule has 136 valence electrons. The first-order chi connectivity index (χ1) is 13.1. The number of Topliss-reactive ketones (excluding diaryl/α,β-unsaturated/α-hetero) is 1. The third kappa shape index (κ3) is 5.44. The van der Waals surface area contributed by atoms with E-state index in [1.165, 1.54) is 6.92 Å². The molecule has 0 aliphatic rings. The second-order valence-electron chi connectivity index (χ2n) is 5.86. The quantitative estimate of drug-likeness (QED) is 0.620. The van der Waals surface area contributed by atoms with Crippen LogP contribution < -0.4 is 14.8 Å². The zero-order chi connectivity index (χ0) is 19.1. The number of para-hydroxylation sites is 1. The van der Waals surface area contributed by atoms with E-state index >= 15 is 0 Å². The van der Waals surface area contributed by atoms with Gasteiger partial charge in [-0.3, -0.25) is 9.59 Å². The molecule has 0 unspecified atom stereocenters. The first-order valence-electron chi connectivity index (χ1n) is 8.47. The molecular formula is C22H19NO4. The van der Waals surface area contributed by atoms with Gasteiger partial charge in [0, 0.05) is 11.3 Å². The van der Waals surface area contributed by atoms with Gasteiger partial charge < -0.3 is 14.8 Å². The Hall–Kier alpha value is -3.60. The molecule has 0 radical (unpaired) electrons. The number of carbonyl (C=O) groups is 2. The monoisotopic (exact) mass is 361 g/mol. The molecule has 3 aromatic rings. The highest BCUT2D eigenvalue weighted by Gasteiger charge is 2.05. The Morgan fingerprint density at radius 1 is 0.778 bits per heavy atom. The number of anilines is 1. The van der Waals surface area contributed by atoms with Gasteiger partial charge in [0.1, 0.15) is 17.2 Å². The first kappa shape index (κ1) is 18.2. The topological polar surface area (TPSA) is 64.6 Å². The summed E-state index contributed by atoms with van der Waals surface area (Å²) >= 11 is 0. The number of carbonyl (C=O) groups excluding carboxylic acids is 2. The van der Waals surface area contributed by atoms with E-state index in [0.717, 1.165) is 5.75 Å². The summed E-state index contributed by atoms with van der Waals surface area (Å²) in [5.41, 5.74) is 1.21. The highest BCUT2D eigenvalue weighted by atomic mass is 16.5. The minimum absolute atomic E-state index is 0.0177. The van der Waals surface area contributed by atoms with Crippen LogP contribution in [-0.4, -0.2) is 18.3 Å². The molecule has 5 nitrogen and oxygen atoms in total. The van der Waals surface area contributed by atoms with Crippen molar-refractivity contribution in [1.82, 2.24) is 0 Å². The minimum atomic E-state index is -0.282. The molecule has 0 saturated carbocycles. The van der Waals surface area contributed by atoms with Crippen molar-refractivity contribution in [3.05, 3.63) is 84.4 Å². The van der Waals surface area contributed by atoms with Crippen LogP contribution >= 0.6 is 0 Å². The molecule has 0 spiro atoms. The smallest absolute Gasteiger partial charge is 0.262 e. The van der Waals surface area contributed by atoms with Crippen LogP contribution in [0.2, 0.25) is 0 Å². The Kier molecular flexibility index (Phi) is 5.84. The Balaban J connectivity index is 1.49. The lowest BCUT2D eigenvalue weighted by molar-refractivity contribution is -0.118. The van der Waals surface area contributed by atoms with Gasteiger partial charge in [-0.25, -0.2) is 0 Å². The SMILES string of the molecule is CC(=O)c1ccc(NC(=O)COc2ccc(Oc3ccccc3)cc2)cc1. The Morgan fingerprint density at radius 2 is 1.37 bits per heavy atom. The van der Waals surface area contributed by atoms with Crippen molar-refractivity contribution in [2.75, 3.05) is 11.9 Å². The molecule has 0 heterocycles. The number of nitrogens with one attached hydrogen (secondary N) is 1. The number of hydrogen-bond acceptors (Lipinski definition) is 4. The summed E-state index contributed by atoms with van der Waals surface area (Å²) in [6.45, 7) is 1.38. The van der Waals surface area contributed by atoms with Gasteiger partial charge >= 0.3 is 0 Å². The largest absolute Gasteiger partial charge is 0.484 e. The third-order valence-corrected chi connectivity index (χ3v) is 3.75. The fourth-order valence-electron chi connectivity index (χ4n) is 2.36. The fourth-order valence-corrected chi connectivity index (χ4v) is 2.36. The van der Waals surface area contributed by atoms with Crippen LogP contribution in [0.4, 0.5) is 5.69 Å². The average Bonchev–Trinajstić information content (AvgIpc) is 2.69. The van der Waals surface area contributed by atoms with Gasteiger partial charge in [-0.1, -0.05) is 18.2 Å². The maximum absolute atomic E-state index is 12.0. The first-order valence-corrected chi connectivity index (χ1v) is 8.47. The van der Waals surface area contributed by atoms with E-state index in [0.29, 0.717) is 22.7 Å². The van der Waals surface area contributed by atoms with Crippen LogP contribution in [0.25, 0.3) is 0 Å². The molecule has 3 rings (SSSR count). The van der Waals surface area contributed by atoms with Crippen LogP contribution in [0.15, 0.2) is 78.9 Å². The summed E-state index contributed by atoms with van der Waals surface area (Å²) in [5.74, 6) is 1.70. The number of ether oxygens (including phenoxy) is 2. The lowest BCUT2D eigenvalue weighted by atomic mass is 10.1. The number of benzene rings is 3. The standard InChI is InChI=1S/C22H19NO4/c1-16(24)17-7-9-18(10-8-17)23-22(25)15-26-19-11-13-21(14-12-19)27-20-5-3-2-4-6-20/h2-14H,15H2,1H3,(H,23,25). The Labute approximate surface area is 157 Å². The molecule has 0 atom stereocenters. The predicted molar refractivity (Wildman–Crippen MR) is 104 cm³/mol. The zero-order valence-corrected chi connectivity index (χ0v) is 14.8. The van der Waals surface area contributed by atoms with Gasteiger partial charge in [0.05, 0.1) is 0 Å². The molecule has 0 aliphatic heterocycles. The lowest BCUT2D eigenvalue weighted by Gasteiger charge is -2.09. The summed E-state index contributed by atoms with van der Waals surface area (Å²) < 4.78 is 11.2. The van der Waals surface area contributed by atoms with Gasteiger partial charge in [-0.15, -0.1) is 0 Å². The summed E-state index contributed by atoms with van der Waals surface area (Å²) in [6.07, 6.45) is 0. The van der Waals surface area contributed by atoms with E-state index < -0.39 is 0 Å². The van der Waals surface area contributed by atoms with Gasteiger partial charge in [0.15, 0.2) is 12.4 Å². The molecule has 0 saturated heterocycles. The Bertz CT molecular complexity index is 903. The van der Waals surface area contributed by atoms with Crippen molar-refractivity contribution in [2.45, 2.75) is 6.92 Å². The molecule has 0 bridgehead atoms. The van der Waals surface area contributed by atoms with Crippen LogP contribution in [-0.2, 0) is 4.79 Å². The lowest BCUT2D eigenvalue weighted by Crippen LogP contribution is -2.20. The van der Waals surface area contributed by atoms with E-state index in [-0.39, 0.29) is 18.3 Å². The number of amides is 1. The fraction of sp³-hybridized carbons (Fsp3) is 0.0909. The zero-order valence-electron chi connectivity index (χ0n) is 14.8. The van der Waals surface area contributed by atoms with E-state index in [4.69, 9.17) is 9.47 Å². The highest BCUT2D eigenvalue weighted by molar-refractivity contribution is 5.95. The number of rotatable bonds is 7.